The average molecular weight is 248 g/mol. The number of carbonyl (C=O) groups excluding carboxylic acids is 1. The predicted octanol–water partition coefficient (Wildman–Crippen LogP) is 0.491. The Kier molecular flexibility index (Phi) is 6.47. The first-order chi connectivity index (χ1) is 8.77. The topological polar surface area (TPSA) is 82.4 Å². The minimum absolute atomic E-state index is 0.0237. The lowest BCUT2D eigenvalue weighted by Gasteiger charge is -2.06. The van der Waals surface area contributed by atoms with Crippen LogP contribution in [-0.4, -0.2) is 37.4 Å². The Morgan fingerprint density at radius 3 is 3.00 bits per heavy atom. The molecule has 0 aromatic heterocycles. The van der Waals surface area contributed by atoms with Crippen LogP contribution in [0.3, 0.4) is 0 Å². The maximum Gasteiger partial charge on any atom is 0.251 e. The van der Waals surface area contributed by atoms with E-state index in [0.29, 0.717) is 25.1 Å². The lowest BCUT2D eigenvalue weighted by Crippen LogP contribution is -2.27. The smallest absolute Gasteiger partial charge is 0.251 e. The minimum Gasteiger partial charge on any atom is -0.394 e. The summed E-state index contributed by atoms with van der Waals surface area (Å²) in [4.78, 5) is 11.7. The van der Waals surface area contributed by atoms with Crippen LogP contribution in [0.1, 0.15) is 15.9 Å². The third-order valence-corrected chi connectivity index (χ3v) is 2.24. The summed E-state index contributed by atoms with van der Waals surface area (Å²) in [5, 5.41) is 19.8. The number of hydrogen-bond acceptors (Lipinski definition) is 4. The van der Waals surface area contributed by atoms with Crippen LogP contribution in [0.4, 0.5) is 0 Å². The van der Waals surface area contributed by atoms with Gasteiger partial charge < -0.3 is 15.2 Å². The molecule has 0 saturated carbocycles. The highest BCUT2D eigenvalue weighted by molar-refractivity contribution is 5.94. The quantitative estimate of drug-likeness (QED) is 0.688. The molecule has 5 nitrogen and oxygen atoms in total. The number of carbonyl (C=O) groups is 1. The number of nitriles is 1. The number of nitrogens with zero attached hydrogens (tertiary/aromatic N) is 1. The molecule has 0 heterocycles. The van der Waals surface area contributed by atoms with E-state index in [0.717, 1.165) is 5.56 Å². The molecule has 1 aromatic rings. The summed E-state index contributed by atoms with van der Waals surface area (Å²) in [6, 6.07) is 9.01. The Hall–Kier alpha value is -1.90. The van der Waals surface area contributed by atoms with Gasteiger partial charge in [0.25, 0.3) is 5.91 Å². The number of hydrogen-bond donors (Lipinski definition) is 2. The molecule has 0 aliphatic carbocycles. The van der Waals surface area contributed by atoms with E-state index in [4.69, 9.17) is 15.1 Å². The van der Waals surface area contributed by atoms with Gasteiger partial charge in [-0.25, -0.2) is 0 Å². The molecule has 5 heteroatoms. The van der Waals surface area contributed by atoms with Crippen LogP contribution in [0.5, 0.6) is 0 Å². The molecule has 0 saturated heterocycles. The first kappa shape index (κ1) is 14.2. The lowest BCUT2D eigenvalue weighted by molar-refractivity contribution is 0.0838. The molecule has 0 bridgehead atoms. The molecule has 2 N–H and O–H groups in total. The SMILES string of the molecule is N#CCc1cccc(C(=O)NCCOCCO)c1. The number of benzene rings is 1. The fraction of sp³-hybridized carbons (Fsp3) is 0.385. The Balaban J connectivity index is 2.41. The van der Waals surface area contributed by atoms with Gasteiger partial charge in [-0.2, -0.15) is 5.26 Å². The summed E-state index contributed by atoms with van der Waals surface area (Å²) >= 11 is 0. The third kappa shape index (κ3) is 4.95. The first-order valence-corrected chi connectivity index (χ1v) is 5.70. The molecule has 0 aliphatic rings. The molecule has 0 radical (unpaired) electrons. The second-order valence-electron chi connectivity index (χ2n) is 3.63. The van der Waals surface area contributed by atoms with Gasteiger partial charge in [-0.3, -0.25) is 4.79 Å². The van der Waals surface area contributed by atoms with Crippen LogP contribution in [0, 0.1) is 11.3 Å². The molecule has 0 spiro atoms. The van der Waals surface area contributed by atoms with E-state index < -0.39 is 0 Å². The number of ether oxygens (including phenoxy) is 1. The summed E-state index contributed by atoms with van der Waals surface area (Å²) in [5.74, 6) is -0.192. The highest BCUT2D eigenvalue weighted by atomic mass is 16.5. The molecule has 18 heavy (non-hydrogen) atoms. The Morgan fingerprint density at radius 1 is 1.44 bits per heavy atom. The largest absolute Gasteiger partial charge is 0.394 e. The van der Waals surface area contributed by atoms with Gasteiger partial charge in [-0.05, 0) is 17.7 Å². The van der Waals surface area contributed by atoms with Gasteiger partial charge in [-0.1, -0.05) is 12.1 Å². The van der Waals surface area contributed by atoms with Crippen molar-refractivity contribution in [1.29, 1.82) is 5.26 Å². The van der Waals surface area contributed by atoms with Crippen molar-refractivity contribution in [1.82, 2.24) is 5.32 Å². The van der Waals surface area contributed by atoms with Crippen molar-refractivity contribution < 1.29 is 14.6 Å². The second-order valence-corrected chi connectivity index (χ2v) is 3.63. The van der Waals surface area contributed by atoms with Crippen molar-refractivity contribution in [2.45, 2.75) is 6.42 Å². The zero-order valence-corrected chi connectivity index (χ0v) is 10.1. The molecule has 1 rings (SSSR count). The maximum atomic E-state index is 11.7. The van der Waals surface area contributed by atoms with Crippen LogP contribution in [-0.2, 0) is 11.2 Å². The van der Waals surface area contributed by atoms with Gasteiger partial charge in [0.1, 0.15) is 0 Å². The van der Waals surface area contributed by atoms with Gasteiger partial charge >= 0.3 is 0 Å². The molecular formula is C13H16N2O3. The second kappa shape index (κ2) is 8.23. The summed E-state index contributed by atoms with van der Waals surface area (Å²) < 4.78 is 5.02. The fourth-order valence-corrected chi connectivity index (χ4v) is 1.42. The zero-order chi connectivity index (χ0) is 13.2. The van der Waals surface area contributed by atoms with E-state index in [1.54, 1.807) is 18.2 Å². The van der Waals surface area contributed by atoms with Crippen LogP contribution in [0.15, 0.2) is 24.3 Å². The molecule has 0 unspecified atom stereocenters. The van der Waals surface area contributed by atoms with E-state index in [-0.39, 0.29) is 19.1 Å². The zero-order valence-electron chi connectivity index (χ0n) is 10.1. The van der Waals surface area contributed by atoms with Crippen LogP contribution in [0.25, 0.3) is 0 Å². The van der Waals surface area contributed by atoms with Crippen LogP contribution in [0.2, 0.25) is 0 Å². The fourth-order valence-electron chi connectivity index (χ4n) is 1.42. The number of aliphatic hydroxyl groups excluding tert-OH is 1. The standard InChI is InChI=1S/C13H16N2O3/c14-5-4-11-2-1-3-12(10-11)13(17)15-6-8-18-9-7-16/h1-3,10,16H,4,6-9H2,(H,15,17). The number of rotatable bonds is 7. The van der Waals surface area contributed by atoms with Crippen molar-refractivity contribution in [2.24, 2.45) is 0 Å². The Morgan fingerprint density at radius 2 is 2.28 bits per heavy atom. The third-order valence-electron chi connectivity index (χ3n) is 2.24. The van der Waals surface area contributed by atoms with Gasteiger partial charge in [0, 0.05) is 12.1 Å². The number of amides is 1. The average Bonchev–Trinajstić information content (AvgIpc) is 2.39. The van der Waals surface area contributed by atoms with E-state index in [1.165, 1.54) is 0 Å². The van der Waals surface area contributed by atoms with Gasteiger partial charge in [0.05, 0.1) is 32.3 Å². The van der Waals surface area contributed by atoms with Crippen molar-refractivity contribution >= 4 is 5.91 Å². The predicted molar refractivity (Wildman–Crippen MR) is 66.0 cm³/mol. The van der Waals surface area contributed by atoms with Crippen molar-refractivity contribution in [3.63, 3.8) is 0 Å². The highest BCUT2D eigenvalue weighted by Crippen LogP contribution is 2.05. The van der Waals surface area contributed by atoms with Crippen molar-refractivity contribution in [2.75, 3.05) is 26.4 Å². The first-order valence-electron chi connectivity index (χ1n) is 5.70. The number of aliphatic hydroxyl groups is 1. The van der Waals surface area contributed by atoms with Crippen molar-refractivity contribution in [3.8, 4) is 6.07 Å². The molecular weight excluding hydrogens is 232 g/mol. The van der Waals surface area contributed by atoms with Crippen molar-refractivity contribution in [3.05, 3.63) is 35.4 Å². The van der Waals surface area contributed by atoms with Gasteiger partial charge in [0.2, 0.25) is 0 Å². The van der Waals surface area contributed by atoms with Crippen LogP contribution >= 0.6 is 0 Å². The summed E-state index contributed by atoms with van der Waals surface area (Å²) in [6.45, 7) is 1.00. The van der Waals surface area contributed by atoms with E-state index in [9.17, 15) is 4.79 Å². The number of nitrogens with one attached hydrogen (secondary N) is 1. The minimum atomic E-state index is -0.192. The highest BCUT2D eigenvalue weighted by Gasteiger charge is 2.05. The Bertz CT molecular complexity index is 426. The van der Waals surface area contributed by atoms with Gasteiger partial charge in [0.15, 0.2) is 0 Å². The molecule has 1 aromatic carbocycles. The van der Waals surface area contributed by atoms with Gasteiger partial charge in [-0.15, -0.1) is 0 Å². The Labute approximate surface area is 106 Å². The summed E-state index contributed by atoms with van der Waals surface area (Å²) in [5.41, 5.74) is 1.35. The molecule has 0 atom stereocenters. The maximum absolute atomic E-state index is 11.7. The molecule has 0 fully saturated rings. The normalized spacial score (nSPS) is 9.78. The summed E-state index contributed by atoms with van der Waals surface area (Å²) in [6.07, 6.45) is 0.292. The molecule has 96 valence electrons. The van der Waals surface area contributed by atoms with E-state index in [1.807, 2.05) is 12.1 Å². The molecule has 1 amide bonds. The monoisotopic (exact) mass is 248 g/mol. The lowest BCUT2D eigenvalue weighted by atomic mass is 10.1. The molecule has 0 aliphatic heterocycles. The van der Waals surface area contributed by atoms with Crippen LogP contribution < -0.4 is 5.32 Å². The van der Waals surface area contributed by atoms with E-state index >= 15 is 0 Å². The van der Waals surface area contributed by atoms with E-state index in [2.05, 4.69) is 5.32 Å². The summed E-state index contributed by atoms with van der Waals surface area (Å²) in [7, 11) is 0.